The smallest absolute Gasteiger partial charge is 0.173 e. The standard InChI is InChI=1S/C18H17FN2S/c1-3-22-18-20-12-17(14-6-4-13(2)5-7-14)21(18)16-10-8-15(19)9-11-16/h4-12H,3H2,1-2H3. The Kier molecular flexibility index (Phi) is 4.29. The summed E-state index contributed by atoms with van der Waals surface area (Å²) < 4.78 is 15.3. The Bertz CT molecular complexity index is 761. The molecular weight excluding hydrogens is 295 g/mol. The lowest BCUT2D eigenvalue weighted by atomic mass is 10.1. The number of hydrogen-bond acceptors (Lipinski definition) is 2. The first-order valence-corrected chi connectivity index (χ1v) is 8.21. The molecule has 112 valence electrons. The lowest BCUT2D eigenvalue weighted by Crippen LogP contribution is -1.99. The average molecular weight is 312 g/mol. The number of imidazole rings is 1. The summed E-state index contributed by atoms with van der Waals surface area (Å²) in [5.74, 6) is 0.705. The van der Waals surface area contributed by atoms with Crippen LogP contribution in [0.1, 0.15) is 12.5 Å². The van der Waals surface area contributed by atoms with Crippen LogP contribution in [0.25, 0.3) is 16.9 Å². The quantitative estimate of drug-likeness (QED) is 0.624. The molecule has 0 atom stereocenters. The molecule has 3 aromatic rings. The minimum atomic E-state index is -0.231. The summed E-state index contributed by atoms with van der Waals surface area (Å²) in [7, 11) is 0. The van der Waals surface area contributed by atoms with Crippen LogP contribution in [-0.4, -0.2) is 15.3 Å². The monoisotopic (exact) mass is 312 g/mol. The molecule has 22 heavy (non-hydrogen) atoms. The van der Waals surface area contributed by atoms with E-state index in [2.05, 4.69) is 47.7 Å². The van der Waals surface area contributed by atoms with Gasteiger partial charge < -0.3 is 0 Å². The molecule has 0 N–H and O–H groups in total. The van der Waals surface area contributed by atoms with Gasteiger partial charge in [-0.3, -0.25) is 4.57 Å². The third-order valence-electron chi connectivity index (χ3n) is 3.44. The van der Waals surface area contributed by atoms with Gasteiger partial charge in [-0.05, 0) is 36.9 Å². The molecular formula is C18H17FN2S. The fraction of sp³-hybridized carbons (Fsp3) is 0.167. The maximum Gasteiger partial charge on any atom is 0.173 e. The van der Waals surface area contributed by atoms with Crippen LogP contribution in [0.2, 0.25) is 0 Å². The number of benzene rings is 2. The first-order valence-electron chi connectivity index (χ1n) is 7.22. The van der Waals surface area contributed by atoms with Crippen molar-refractivity contribution in [2.75, 3.05) is 5.75 Å². The van der Waals surface area contributed by atoms with Crippen LogP contribution in [0.3, 0.4) is 0 Å². The predicted octanol–water partition coefficient (Wildman–Crippen LogP) is 5.10. The zero-order valence-corrected chi connectivity index (χ0v) is 13.4. The number of nitrogens with zero attached hydrogens (tertiary/aromatic N) is 2. The van der Waals surface area contributed by atoms with Crippen LogP contribution < -0.4 is 0 Å². The number of aryl methyl sites for hydroxylation is 1. The minimum Gasteiger partial charge on any atom is -0.287 e. The highest BCUT2D eigenvalue weighted by atomic mass is 32.2. The van der Waals surface area contributed by atoms with Gasteiger partial charge in [-0.2, -0.15) is 0 Å². The number of rotatable bonds is 4. The topological polar surface area (TPSA) is 17.8 Å². The third-order valence-corrected chi connectivity index (χ3v) is 4.27. The van der Waals surface area contributed by atoms with Crippen molar-refractivity contribution in [2.24, 2.45) is 0 Å². The van der Waals surface area contributed by atoms with Gasteiger partial charge in [0.2, 0.25) is 0 Å². The minimum absolute atomic E-state index is 0.231. The van der Waals surface area contributed by atoms with Gasteiger partial charge in [0.25, 0.3) is 0 Å². The third kappa shape index (κ3) is 2.92. The van der Waals surface area contributed by atoms with Crippen molar-refractivity contribution in [3.63, 3.8) is 0 Å². The highest BCUT2D eigenvalue weighted by molar-refractivity contribution is 7.99. The second-order valence-electron chi connectivity index (χ2n) is 5.04. The average Bonchev–Trinajstić information content (AvgIpc) is 2.93. The van der Waals surface area contributed by atoms with Crippen LogP contribution in [0.4, 0.5) is 4.39 Å². The molecule has 0 spiro atoms. The highest BCUT2D eigenvalue weighted by Gasteiger charge is 2.13. The van der Waals surface area contributed by atoms with E-state index in [1.165, 1.54) is 17.7 Å². The molecule has 4 heteroatoms. The largest absolute Gasteiger partial charge is 0.287 e. The van der Waals surface area contributed by atoms with Crippen molar-refractivity contribution in [3.8, 4) is 16.9 Å². The Morgan fingerprint density at radius 1 is 1.05 bits per heavy atom. The molecule has 1 heterocycles. The Balaban J connectivity index is 2.14. The Hall–Kier alpha value is -2.07. The maximum absolute atomic E-state index is 13.2. The fourth-order valence-electron chi connectivity index (χ4n) is 2.33. The van der Waals surface area contributed by atoms with E-state index in [1.807, 2.05) is 6.20 Å². The van der Waals surface area contributed by atoms with Gasteiger partial charge in [0.1, 0.15) is 5.82 Å². The molecule has 0 bridgehead atoms. The molecule has 0 amide bonds. The molecule has 0 saturated heterocycles. The van der Waals surface area contributed by atoms with E-state index in [1.54, 1.807) is 23.9 Å². The van der Waals surface area contributed by atoms with E-state index >= 15 is 0 Å². The zero-order chi connectivity index (χ0) is 15.5. The van der Waals surface area contributed by atoms with Gasteiger partial charge >= 0.3 is 0 Å². The number of thioether (sulfide) groups is 1. The molecule has 0 unspecified atom stereocenters. The van der Waals surface area contributed by atoms with Gasteiger partial charge in [-0.1, -0.05) is 48.5 Å². The summed E-state index contributed by atoms with van der Waals surface area (Å²) in [6, 6.07) is 14.9. The first-order chi connectivity index (χ1) is 10.7. The molecule has 0 aliphatic carbocycles. The number of hydrogen-bond donors (Lipinski definition) is 0. The lowest BCUT2D eigenvalue weighted by molar-refractivity contribution is 0.627. The van der Waals surface area contributed by atoms with Gasteiger partial charge in [0.05, 0.1) is 11.9 Å². The van der Waals surface area contributed by atoms with Crippen LogP contribution >= 0.6 is 11.8 Å². The van der Waals surface area contributed by atoms with E-state index in [0.29, 0.717) is 0 Å². The molecule has 0 saturated carbocycles. The molecule has 0 fully saturated rings. The van der Waals surface area contributed by atoms with Crippen molar-refractivity contribution >= 4 is 11.8 Å². The SMILES string of the molecule is CCSc1ncc(-c2ccc(C)cc2)n1-c1ccc(F)cc1. The molecule has 0 radical (unpaired) electrons. The summed E-state index contributed by atoms with van der Waals surface area (Å²) in [4.78, 5) is 4.54. The normalized spacial score (nSPS) is 10.9. The van der Waals surface area contributed by atoms with Crippen LogP contribution in [0.5, 0.6) is 0 Å². The molecule has 2 nitrogen and oxygen atoms in total. The van der Waals surface area contributed by atoms with Crippen LogP contribution in [-0.2, 0) is 0 Å². The zero-order valence-electron chi connectivity index (χ0n) is 12.6. The molecule has 0 aliphatic rings. The number of aromatic nitrogens is 2. The molecule has 1 aromatic heterocycles. The van der Waals surface area contributed by atoms with E-state index < -0.39 is 0 Å². The van der Waals surface area contributed by atoms with E-state index in [-0.39, 0.29) is 5.82 Å². The van der Waals surface area contributed by atoms with E-state index in [9.17, 15) is 4.39 Å². The summed E-state index contributed by atoms with van der Waals surface area (Å²) in [5, 5.41) is 0.921. The molecule has 2 aromatic carbocycles. The Morgan fingerprint density at radius 2 is 1.73 bits per heavy atom. The van der Waals surface area contributed by atoms with Crippen molar-refractivity contribution in [3.05, 3.63) is 66.1 Å². The van der Waals surface area contributed by atoms with Crippen molar-refractivity contribution in [1.29, 1.82) is 0 Å². The highest BCUT2D eigenvalue weighted by Crippen LogP contribution is 2.29. The van der Waals surface area contributed by atoms with Gasteiger partial charge in [-0.15, -0.1) is 0 Å². The molecule has 3 rings (SSSR count). The lowest BCUT2D eigenvalue weighted by Gasteiger charge is -2.12. The first kappa shape index (κ1) is 14.9. The summed E-state index contributed by atoms with van der Waals surface area (Å²) in [6.07, 6.45) is 1.88. The summed E-state index contributed by atoms with van der Waals surface area (Å²) in [5.41, 5.74) is 4.26. The Labute approximate surface area is 134 Å². The van der Waals surface area contributed by atoms with Crippen molar-refractivity contribution in [2.45, 2.75) is 19.0 Å². The molecule has 0 aliphatic heterocycles. The summed E-state index contributed by atoms with van der Waals surface area (Å²) in [6.45, 7) is 4.17. The fourth-order valence-corrected chi connectivity index (χ4v) is 3.05. The second-order valence-corrected chi connectivity index (χ2v) is 6.27. The van der Waals surface area contributed by atoms with Crippen molar-refractivity contribution < 1.29 is 4.39 Å². The van der Waals surface area contributed by atoms with Gasteiger partial charge in [0, 0.05) is 11.3 Å². The second kappa shape index (κ2) is 6.36. The maximum atomic E-state index is 13.2. The summed E-state index contributed by atoms with van der Waals surface area (Å²) >= 11 is 1.68. The predicted molar refractivity (Wildman–Crippen MR) is 90.1 cm³/mol. The van der Waals surface area contributed by atoms with Crippen LogP contribution in [0.15, 0.2) is 59.9 Å². The van der Waals surface area contributed by atoms with E-state index in [4.69, 9.17) is 0 Å². The van der Waals surface area contributed by atoms with E-state index in [0.717, 1.165) is 27.9 Å². The number of halogens is 1. The Morgan fingerprint density at radius 3 is 2.36 bits per heavy atom. The van der Waals surface area contributed by atoms with Crippen molar-refractivity contribution in [1.82, 2.24) is 9.55 Å². The van der Waals surface area contributed by atoms with Gasteiger partial charge in [-0.25, -0.2) is 9.37 Å². The van der Waals surface area contributed by atoms with Gasteiger partial charge in [0.15, 0.2) is 5.16 Å². The van der Waals surface area contributed by atoms with Crippen LogP contribution in [0, 0.1) is 12.7 Å².